The van der Waals surface area contributed by atoms with Crippen molar-refractivity contribution in [1.29, 1.82) is 0 Å². The molecule has 0 heterocycles. The van der Waals surface area contributed by atoms with Crippen LogP contribution in [0.3, 0.4) is 0 Å². The molecule has 15 heavy (non-hydrogen) atoms. The summed E-state index contributed by atoms with van der Waals surface area (Å²) < 4.78 is 0. The Morgan fingerprint density at radius 1 is 0.733 bits per heavy atom. The van der Waals surface area contributed by atoms with E-state index in [2.05, 4.69) is 0 Å². The van der Waals surface area contributed by atoms with Gasteiger partial charge in [-0.3, -0.25) is 0 Å². The molecule has 0 saturated heterocycles. The first-order valence-corrected chi connectivity index (χ1v) is 6.56. The van der Waals surface area contributed by atoms with E-state index in [0.717, 1.165) is 5.41 Å². The van der Waals surface area contributed by atoms with Crippen LogP contribution < -0.4 is 5.73 Å². The minimum atomic E-state index is 0. The summed E-state index contributed by atoms with van der Waals surface area (Å²) in [4.78, 5) is 0. The van der Waals surface area contributed by atoms with Gasteiger partial charge in [-0.15, -0.1) is 12.4 Å². The van der Waals surface area contributed by atoms with Gasteiger partial charge in [-0.2, -0.15) is 0 Å². The molecule has 0 atom stereocenters. The van der Waals surface area contributed by atoms with Crippen molar-refractivity contribution in [2.45, 2.75) is 76.7 Å². The van der Waals surface area contributed by atoms with Crippen LogP contribution in [0.2, 0.25) is 0 Å². The predicted molar refractivity (Wildman–Crippen MR) is 68.4 cm³/mol. The fraction of sp³-hybridized carbons (Fsp3) is 1.00. The van der Waals surface area contributed by atoms with Crippen LogP contribution in [0.1, 0.15) is 70.6 Å². The van der Waals surface area contributed by atoms with Crippen molar-refractivity contribution in [3.05, 3.63) is 0 Å². The van der Waals surface area contributed by atoms with E-state index in [-0.39, 0.29) is 12.4 Å². The summed E-state index contributed by atoms with van der Waals surface area (Å²) in [5, 5.41) is 0. The van der Waals surface area contributed by atoms with Crippen LogP contribution in [0.15, 0.2) is 0 Å². The van der Waals surface area contributed by atoms with E-state index in [0.29, 0.717) is 6.04 Å². The Bertz CT molecular complexity index is 156. The molecule has 0 aromatic rings. The average molecular weight is 232 g/mol. The highest BCUT2D eigenvalue weighted by Crippen LogP contribution is 2.45. The summed E-state index contributed by atoms with van der Waals surface area (Å²) >= 11 is 0. The lowest BCUT2D eigenvalue weighted by atomic mass is 9.66. The molecule has 1 spiro atoms. The predicted octanol–water partition coefficient (Wildman–Crippen LogP) is 4.04. The summed E-state index contributed by atoms with van der Waals surface area (Å²) in [7, 11) is 0. The van der Waals surface area contributed by atoms with Crippen molar-refractivity contribution >= 4 is 12.4 Å². The maximum Gasteiger partial charge on any atom is 0.00392 e. The third kappa shape index (κ3) is 3.64. The van der Waals surface area contributed by atoms with Gasteiger partial charge in [0.1, 0.15) is 0 Å². The van der Waals surface area contributed by atoms with Gasteiger partial charge >= 0.3 is 0 Å². The first kappa shape index (κ1) is 13.3. The first-order valence-electron chi connectivity index (χ1n) is 6.56. The molecule has 0 amide bonds. The maximum atomic E-state index is 5.99. The van der Waals surface area contributed by atoms with Gasteiger partial charge in [-0.1, -0.05) is 32.1 Å². The summed E-state index contributed by atoms with van der Waals surface area (Å²) in [6, 6.07) is 0.520. The van der Waals surface area contributed by atoms with Crippen LogP contribution in [-0.2, 0) is 0 Å². The molecule has 2 heteroatoms. The summed E-state index contributed by atoms with van der Waals surface area (Å²) in [5.41, 5.74) is 6.73. The van der Waals surface area contributed by atoms with Crippen molar-refractivity contribution in [3.8, 4) is 0 Å². The van der Waals surface area contributed by atoms with Gasteiger partial charge < -0.3 is 5.73 Å². The van der Waals surface area contributed by atoms with Crippen molar-refractivity contribution in [3.63, 3.8) is 0 Å². The lowest BCUT2D eigenvalue weighted by molar-refractivity contribution is 0.129. The number of nitrogens with two attached hydrogens (primary N) is 1. The van der Waals surface area contributed by atoms with Gasteiger partial charge in [-0.05, 0) is 43.9 Å². The molecule has 2 rings (SSSR count). The van der Waals surface area contributed by atoms with E-state index in [1.165, 1.54) is 70.6 Å². The average Bonchev–Trinajstić information content (AvgIpc) is 2.16. The largest absolute Gasteiger partial charge is 0.328 e. The summed E-state index contributed by atoms with van der Waals surface area (Å²) in [6.45, 7) is 0. The van der Waals surface area contributed by atoms with Gasteiger partial charge in [0, 0.05) is 6.04 Å². The number of halogens is 1. The Morgan fingerprint density at radius 2 is 1.20 bits per heavy atom. The molecule has 2 fully saturated rings. The van der Waals surface area contributed by atoms with E-state index >= 15 is 0 Å². The Hall–Kier alpha value is 0.250. The Balaban J connectivity index is 0.00000112. The number of hydrogen-bond donors (Lipinski definition) is 1. The molecule has 0 bridgehead atoms. The van der Waals surface area contributed by atoms with Gasteiger partial charge in [0.2, 0.25) is 0 Å². The molecule has 2 saturated carbocycles. The molecule has 0 aromatic carbocycles. The van der Waals surface area contributed by atoms with Gasteiger partial charge in [-0.25, -0.2) is 0 Å². The Labute approximate surface area is 101 Å². The molecule has 2 N–H and O–H groups in total. The van der Waals surface area contributed by atoms with E-state index in [1.807, 2.05) is 0 Å². The molecule has 0 aromatic heterocycles. The summed E-state index contributed by atoms with van der Waals surface area (Å²) in [5.74, 6) is 0. The molecule has 2 aliphatic carbocycles. The SMILES string of the molecule is Cl.NC1CCC2(CCCCCCC2)CC1. The fourth-order valence-electron chi connectivity index (χ4n) is 3.41. The zero-order valence-corrected chi connectivity index (χ0v) is 10.7. The van der Waals surface area contributed by atoms with Crippen LogP contribution in [-0.4, -0.2) is 6.04 Å². The highest BCUT2D eigenvalue weighted by molar-refractivity contribution is 5.85. The Kier molecular flexibility index (Phi) is 5.42. The van der Waals surface area contributed by atoms with E-state index in [4.69, 9.17) is 5.73 Å². The highest BCUT2D eigenvalue weighted by atomic mass is 35.5. The van der Waals surface area contributed by atoms with Crippen LogP contribution >= 0.6 is 12.4 Å². The van der Waals surface area contributed by atoms with Crippen molar-refractivity contribution in [2.24, 2.45) is 11.1 Å². The molecule has 1 nitrogen and oxygen atoms in total. The second kappa shape index (κ2) is 6.10. The topological polar surface area (TPSA) is 26.0 Å². The minimum Gasteiger partial charge on any atom is -0.328 e. The molecule has 2 aliphatic rings. The first-order chi connectivity index (χ1) is 6.81. The smallest absolute Gasteiger partial charge is 0.00392 e. The van der Waals surface area contributed by atoms with Crippen LogP contribution in [0.5, 0.6) is 0 Å². The Morgan fingerprint density at radius 3 is 1.73 bits per heavy atom. The highest BCUT2D eigenvalue weighted by Gasteiger charge is 2.33. The molecule has 90 valence electrons. The molecule has 0 aliphatic heterocycles. The van der Waals surface area contributed by atoms with E-state index < -0.39 is 0 Å². The monoisotopic (exact) mass is 231 g/mol. The maximum absolute atomic E-state index is 5.99. The van der Waals surface area contributed by atoms with Crippen molar-refractivity contribution in [2.75, 3.05) is 0 Å². The second-order valence-corrected chi connectivity index (χ2v) is 5.61. The number of rotatable bonds is 0. The minimum absolute atomic E-state index is 0. The van der Waals surface area contributed by atoms with E-state index in [9.17, 15) is 0 Å². The van der Waals surface area contributed by atoms with Gasteiger partial charge in [0.15, 0.2) is 0 Å². The lowest BCUT2D eigenvalue weighted by Crippen LogP contribution is -2.34. The molecular weight excluding hydrogens is 206 g/mol. The standard InChI is InChI=1S/C13H25N.ClH/c14-12-6-10-13(11-7-12)8-4-2-1-3-5-9-13;/h12H,1-11,14H2;1H. The van der Waals surface area contributed by atoms with Crippen molar-refractivity contribution < 1.29 is 0 Å². The van der Waals surface area contributed by atoms with Crippen molar-refractivity contribution in [1.82, 2.24) is 0 Å². The van der Waals surface area contributed by atoms with E-state index in [1.54, 1.807) is 0 Å². The fourth-order valence-corrected chi connectivity index (χ4v) is 3.41. The van der Waals surface area contributed by atoms with Crippen LogP contribution in [0.25, 0.3) is 0 Å². The molecule has 0 radical (unpaired) electrons. The molecular formula is C13H26ClN. The summed E-state index contributed by atoms with van der Waals surface area (Å²) in [6.07, 6.45) is 15.8. The second-order valence-electron chi connectivity index (χ2n) is 5.61. The third-order valence-corrected chi connectivity index (χ3v) is 4.51. The zero-order chi connectivity index (χ0) is 9.86. The van der Waals surface area contributed by atoms with Crippen LogP contribution in [0, 0.1) is 5.41 Å². The lowest BCUT2D eigenvalue weighted by Gasteiger charge is -2.40. The van der Waals surface area contributed by atoms with Crippen LogP contribution in [0.4, 0.5) is 0 Å². The quantitative estimate of drug-likeness (QED) is 0.669. The number of hydrogen-bond acceptors (Lipinski definition) is 1. The molecule has 0 unspecified atom stereocenters. The van der Waals surface area contributed by atoms with Gasteiger partial charge in [0.05, 0.1) is 0 Å². The zero-order valence-electron chi connectivity index (χ0n) is 9.84. The third-order valence-electron chi connectivity index (χ3n) is 4.51. The van der Waals surface area contributed by atoms with Gasteiger partial charge in [0.25, 0.3) is 0 Å². The normalized spacial score (nSPS) is 27.8.